The van der Waals surface area contributed by atoms with Crippen LogP contribution in [0.4, 0.5) is 22.7 Å². The van der Waals surface area contributed by atoms with E-state index in [0.717, 1.165) is 66.7 Å². The maximum absolute atomic E-state index is 6.73. The Morgan fingerprint density at radius 3 is 1.73 bits per heavy atom. The molecule has 6 heteroatoms. The van der Waals surface area contributed by atoms with E-state index in [4.69, 9.17) is 13.6 Å². The van der Waals surface area contributed by atoms with E-state index in [1.807, 2.05) is 36.0 Å². The molecule has 3 aliphatic rings. The molecule has 0 aliphatic carbocycles. The van der Waals surface area contributed by atoms with Crippen molar-refractivity contribution in [2.24, 2.45) is 0 Å². The predicted molar refractivity (Wildman–Crippen MR) is 211 cm³/mol. The highest BCUT2D eigenvalue weighted by Gasteiger charge is 2.58. The second-order valence-corrected chi connectivity index (χ2v) is 15.2. The fraction of sp³-hybridized carbons (Fsp3) is 0.0870. The first-order valence-corrected chi connectivity index (χ1v) is 18.7. The molecule has 9 aromatic rings. The summed E-state index contributed by atoms with van der Waals surface area (Å²) >= 11 is 1.97. The van der Waals surface area contributed by atoms with Crippen LogP contribution in [0.3, 0.4) is 0 Å². The third-order valence-electron chi connectivity index (χ3n) is 11.2. The summed E-state index contributed by atoms with van der Waals surface area (Å²) in [5.74, 6) is 1.00. The maximum Gasteiger partial charge on any atom is 0.138 e. The van der Waals surface area contributed by atoms with Crippen LogP contribution >= 0.6 is 11.8 Å². The largest absolute Gasteiger partial charge is 0.486 e. The molecule has 5 heterocycles. The number of rotatable bonds is 4. The van der Waals surface area contributed by atoms with Gasteiger partial charge < -0.3 is 23.4 Å². The first-order valence-electron chi connectivity index (χ1n) is 17.8. The minimum Gasteiger partial charge on any atom is -0.486 e. The lowest BCUT2D eigenvalue weighted by atomic mass is 10.0. The van der Waals surface area contributed by atoms with Crippen molar-refractivity contribution in [1.29, 1.82) is 0 Å². The molecule has 0 amide bonds. The van der Waals surface area contributed by atoms with E-state index in [0.29, 0.717) is 5.25 Å². The zero-order valence-corrected chi connectivity index (χ0v) is 28.7. The number of furan rings is 2. The first kappa shape index (κ1) is 28.6. The van der Waals surface area contributed by atoms with Crippen LogP contribution in [0.5, 0.6) is 5.75 Å². The molecule has 0 radical (unpaired) electrons. The van der Waals surface area contributed by atoms with Gasteiger partial charge in [0.1, 0.15) is 34.2 Å². The molecule has 0 saturated carbocycles. The van der Waals surface area contributed by atoms with Crippen LogP contribution in [0.1, 0.15) is 23.2 Å². The van der Waals surface area contributed by atoms with Gasteiger partial charge in [-0.1, -0.05) is 72.8 Å². The van der Waals surface area contributed by atoms with Crippen molar-refractivity contribution in [2.45, 2.75) is 28.3 Å². The Balaban J connectivity index is 1.01. The maximum atomic E-state index is 6.73. The van der Waals surface area contributed by atoms with Crippen molar-refractivity contribution in [1.82, 2.24) is 0 Å². The number of hydrogen-bond donors (Lipinski definition) is 0. The van der Waals surface area contributed by atoms with Gasteiger partial charge in [-0.2, -0.15) is 0 Å². The molecule has 0 spiro atoms. The predicted octanol–water partition coefficient (Wildman–Crippen LogP) is 12.5. The second-order valence-electron chi connectivity index (χ2n) is 13.9. The molecule has 248 valence electrons. The molecule has 3 aliphatic heterocycles. The molecule has 4 atom stereocenters. The third kappa shape index (κ3) is 4.01. The summed E-state index contributed by atoms with van der Waals surface area (Å²) in [7, 11) is 0. The van der Waals surface area contributed by atoms with Crippen LogP contribution in [-0.2, 0) is 0 Å². The number of anilines is 4. The minimum atomic E-state index is 0.0713. The lowest BCUT2D eigenvalue weighted by Crippen LogP contribution is -2.27. The summed E-state index contributed by atoms with van der Waals surface area (Å²) in [5, 5.41) is 4.76. The van der Waals surface area contributed by atoms with E-state index < -0.39 is 0 Å². The van der Waals surface area contributed by atoms with Gasteiger partial charge in [-0.25, -0.2) is 0 Å². The van der Waals surface area contributed by atoms with Crippen molar-refractivity contribution >= 4 is 78.4 Å². The molecule has 0 bridgehead atoms. The number of nitrogens with zero attached hydrogens (tertiary/aromatic N) is 2. The zero-order valence-electron chi connectivity index (χ0n) is 27.8. The summed E-state index contributed by atoms with van der Waals surface area (Å²) in [6.45, 7) is 0. The van der Waals surface area contributed by atoms with Gasteiger partial charge >= 0.3 is 0 Å². The molecule has 1 fully saturated rings. The van der Waals surface area contributed by atoms with Crippen molar-refractivity contribution < 1.29 is 13.6 Å². The van der Waals surface area contributed by atoms with Crippen molar-refractivity contribution in [3.05, 3.63) is 169 Å². The summed E-state index contributed by atoms with van der Waals surface area (Å²) in [6, 6.07) is 56.4. The molecule has 5 nitrogen and oxygen atoms in total. The SMILES string of the molecule is c1ccc2c(c1)OC1C3Sc4ccccc4C3N(c3ccc(N(c4ccc5c(c4)oc4ccccc45)c4ccc5c(c4)oc4ccccc45)cc3)C21. The first-order chi connectivity index (χ1) is 25.8. The van der Waals surface area contributed by atoms with Gasteiger partial charge in [0.05, 0.1) is 17.3 Å². The number of fused-ring (bicyclic) bond motifs is 13. The average Bonchev–Trinajstić information content (AvgIpc) is 3.99. The summed E-state index contributed by atoms with van der Waals surface area (Å²) in [4.78, 5) is 6.27. The molecule has 7 aromatic carbocycles. The average molecular weight is 691 g/mol. The fourth-order valence-corrected chi connectivity index (χ4v) is 10.5. The van der Waals surface area contributed by atoms with Gasteiger partial charge in [-0.05, 0) is 78.4 Å². The Kier molecular flexibility index (Phi) is 5.88. The highest BCUT2D eigenvalue weighted by molar-refractivity contribution is 8.00. The normalized spacial score (nSPS) is 20.0. The monoisotopic (exact) mass is 690 g/mol. The Labute approximate surface area is 303 Å². The van der Waals surface area contributed by atoms with Crippen LogP contribution < -0.4 is 14.5 Å². The van der Waals surface area contributed by atoms with Crippen LogP contribution in [-0.4, -0.2) is 11.4 Å². The molecular weight excluding hydrogens is 661 g/mol. The van der Waals surface area contributed by atoms with Gasteiger partial charge in [0.15, 0.2) is 0 Å². The molecule has 4 unspecified atom stereocenters. The minimum absolute atomic E-state index is 0.0713. The third-order valence-corrected chi connectivity index (χ3v) is 12.6. The number of hydrogen-bond acceptors (Lipinski definition) is 6. The second kappa shape index (κ2) is 10.7. The van der Waals surface area contributed by atoms with Crippen molar-refractivity contribution in [3.8, 4) is 5.75 Å². The zero-order chi connectivity index (χ0) is 33.9. The summed E-state index contributed by atoms with van der Waals surface area (Å²) in [5.41, 5.74) is 10.4. The smallest absolute Gasteiger partial charge is 0.138 e. The summed E-state index contributed by atoms with van der Waals surface area (Å²) < 4.78 is 19.5. The molecule has 1 saturated heterocycles. The lowest BCUT2D eigenvalue weighted by Gasteiger charge is -2.32. The van der Waals surface area contributed by atoms with Crippen LogP contribution in [0, 0.1) is 0 Å². The Hall–Kier alpha value is -6.11. The molecule has 12 rings (SSSR count). The molecular formula is C46H30N2O3S. The molecule has 2 aromatic heterocycles. The molecule has 0 N–H and O–H groups in total. The van der Waals surface area contributed by atoms with Crippen LogP contribution in [0.25, 0.3) is 43.9 Å². The Morgan fingerprint density at radius 2 is 1.04 bits per heavy atom. The molecule has 52 heavy (non-hydrogen) atoms. The Morgan fingerprint density at radius 1 is 0.481 bits per heavy atom. The summed E-state index contributed by atoms with van der Waals surface area (Å²) in [6.07, 6.45) is 0.0713. The topological polar surface area (TPSA) is 42.0 Å². The van der Waals surface area contributed by atoms with Gasteiger partial charge in [-0.3, -0.25) is 0 Å². The van der Waals surface area contributed by atoms with Crippen molar-refractivity contribution in [2.75, 3.05) is 9.80 Å². The van der Waals surface area contributed by atoms with Gasteiger partial charge in [-0.15, -0.1) is 11.8 Å². The quantitative estimate of drug-likeness (QED) is 0.183. The number of benzene rings is 7. The highest BCUT2D eigenvalue weighted by atomic mass is 32.2. The van der Waals surface area contributed by atoms with Crippen molar-refractivity contribution in [3.63, 3.8) is 0 Å². The van der Waals surface area contributed by atoms with Gasteiger partial charge in [0.2, 0.25) is 0 Å². The van der Waals surface area contributed by atoms with E-state index >= 15 is 0 Å². The van der Waals surface area contributed by atoms with E-state index in [1.54, 1.807) is 0 Å². The standard InChI is InChI=1S/C46H30N2O3S/c1-5-13-37-31(9-1)33-23-21-29(25-40(33)49-37)47(30-22-24-34-32-10-2-6-14-38(32)50-41(34)26-30)27-17-19-28(20-18-27)48-43-35-11-3-7-15-39(35)51-45(43)46-44(48)36-12-4-8-16-42(36)52-46/h1-26,43-46H. The fourth-order valence-electron chi connectivity index (χ4n) is 8.97. The number of ether oxygens (including phenoxy) is 1. The van der Waals surface area contributed by atoms with E-state index in [9.17, 15) is 0 Å². The van der Waals surface area contributed by atoms with E-state index in [1.165, 1.54) is 21.7 Å². The van der Waals surface area contributed by atoms with E-state index in [2.05, 4.69) is 143 Å². The van der Waals surface area contributed by atoms with E-state index in [-0.39, 0.29) is 18.2 Å². The Bertz CT molecular complexity index is 2700. The van der Waals surface area contributed by atoms with Gasteiger partial charge in [0.25, 0.3) is 0 Å². The van der Waals surface area contributed by atoms with Crippen LogP contribution in [0.2, 0.25) is 0 Å². The lowest BCUT2D eigenvalue weighted by molar-refractivity contribution is 0.229. The number of para-hydroxylation sites is 3. The van der Waals surface area contributed by atoms with Gasteiger partial charge in [0, 0.05) is 66.9 Å². The van der Waals surface area contributed by atoms with Crippen LogP contribution in [0.15, 0.2) is 171 Å². The number of thioether (sulfide) groups is 1. The highest BCUT2D eigenvalue weighted by Crippen LogP contribution is 2.62.